The first-order chi connectivity index (χ1) is 4.75. The highest BCUT2D eigenvalue weighted by molar-refractivity contribution is 5.92. The van der Waals surface area contributed by atoms with E-state index < -0.39 is 0 Å². The molecule has 0 bridgehead atoms. The zero-order valence-corrected chi connectivity index (χ0v) is 6.09. The summed E-state index contributed by atoms with van der Waals surface area (Å²) in [5.74, 6) is 0.547. The standard InChI is InChI=1S/C7H9N2O/c1-3-6(10)7-8-4-5-9(7)2/h5H,3H2,1-2H3. The highest BCUT2D eigenvalue weighted by atomic mass is 16.1. The average molecular weight is 137 g/mol. The molecule has 0 atom stereocenters. The molecule has 0 aliphatic rings. The Labute approximate surface area is 59.7 Å². The van der Waals surface area contributed by atoms with Crippen LogP contribution in [0, 0.1) is 6.20 Å². The Hall–Kier alpha value is -1.12. The molecule has 0 saturated heterocycles. The molecule has 0 aromatic carbocycles. The van der Waals surface area contributed by atoms with Gasteiger partial charge in [0, 0.05) is 19.7 Å². The first-order valence-electron chi connectivity index (χ1n) is 3.18. The third-order valence-corrected chi connectivity index (χ3v) is 1.33. The first-order valence-corrected chi connectivity index (χ1v) is 3.18. The first kappa shape index (κ1) is 6.99. The van der Waals surface area contributed by atoms with Crippen molar-refractivity contribution < 1.29 is 4.79 Å². The van der Waals surface area contributed by atoms with E-state index in [9.17, 15) is 4.79 Å². The van der Waals surface area contributed by atoms with Crippen molar-refractivity contribution in [3.05, 3.63) is 18.2 Å². The molecule has 0 aliphatic heterocycles. The minimum absolute atomic E-state index is 0.0590. The number of hydrogen-bond acceptors (Lipinski definition) is 2. The van der Waals surface area contributed by atoms with Crippen LogP contribution in [-0.2, 0) is 7.05 Å². The van der Waals surface area contributed by atoms with Crippen LogP contribution in [0.2, 0.25) is 0 Å². The van der Waals surface area contributed by atoms with Crippen molar-refractivity contribution in [2.75, 3.05) is 0 Å². The molecule has 3 nitrogen and oxygen atoms in total. The summed E-state index contributed by atoms with van der Waals surface area (Å²) in [4.78, 5) is 14.8. The Morgan fingerprint density at radius 3 is 3.00 bits per heavy atom. The summed E-state index contributed by atoms with van der Waals surface area (Å²) < 4.78 is 1.67. The van der Waals surface area contributed by atoms with Gasteiger partial charge in [-0.1, -0.05) is 6.92 Å². The summed E-state index contributed by atoms with van der Waals surface area (Å²) in [5.41, 5.74) is 0. The predicted octanol–water partition coefficient (Wildman–Crippen LogP) is 0.813. The van der Waals surface area contributed by atoms with Crippen molar-refractivity contribution in [3.63, 3.8) is 0 Å². The molecule has 0 fully saturated rings. The predicted molar refractivity (Wildman–Crippen MR) is 36.7 cm³/mol. The smallest absolute Gasteiger partial charge is 0.197 e. The molecule has 0 amide bonds. The highest BCUT2D eigenvalue weighted by Crippen LogP contribution is 1.97. The zero-order valence-electron chi connectivity index (χ0n) is 6.09. The van der Waals surface area contributed by atoms with E-state index in [1.54, 1.807) is 17.8 Å². The molecule has 10 heavy (non-hydrogen) atoms. The summed E-state index contributed by atoms with van der Waals surface area (Å²) in [7, 11) is 1.78. The fraction of sp³-hybridized carbons (Fsp3) is 0.429. The molecule has 53 valence electrons. The molecule has 3 heteroatoms. The van der Waals surface area contributed by atoms with Gasteiger partial charge in [0.2, 0.25) is 0 Å². The van der Waals surface area contributed by atoms with Crippen LogP contribution >= 0.6 is 0 Å². The number of hydrogen-bond donors (Lipinski definition) is 0. The number of aromatic nitrogens is 2. The number of carbonyl (C=O) groups excluding carboxylic acids is 1. The fourth-order valence-corrected chi connectivity index (χ4v) is 0.734. The Morgan fingerprint density at radius 1 is 1.90 bits per heavy atom. The normalized spacial score (nSPS) is 9.80. The number of imidazole rings is 1. The van der Waals surface area contributed by atoms with E-state index in [0.717, 1.165) is 0 Å². The molecule has 0 N–H and O–H groups in total. The third kappa shape index (κ3) is 1.07. The minimum atomic E-state index is 0.0590. The number of aryl methyl sites for hydroxylation is 1. The van der Waals surface area contributed by atoms with E-state index in [4.69, 9.17) is 0 Å². The second kappa shape index (κ2) is 2.64. The van der Waals surface area contributed by atoms with Gasteiger partial charge in [0.05, 0.1) is 0 Å². The number of rotatable bonds is 2. The average Bonchev–Trinajstić information content (AvgIpc) is 2.34. The van der Waals surface area contributed by atoms with Crippen molar-refractivity contribution >= 4 is 5.78 Å². The highest BCUT2D eigenvalue weighted by Gasteiger charge is 2.06. The van der Waals surface area contributed by atoms with Gasteiger partial charge in [-0.05, 0) is 0 Å². The maximum absolute atomic E-state index is 11.0. The molecule has 1 aromatic rings. The molecule has 1 aromatic heterocycles. The molecule has 0 spiro atoms. The SMILES string of the molecule is CCC(=O)c1n[c]cn1C. The summed E-state index contributed by atoms with van der Waals surface area (Å²) in [6.07, 6.45) is 4.75. The summed E-state index contributed by atoms with van der Waals surface area (Å²) >= 11 is 0. The van der Waals surface area contributed by atoms with Crippen LogP contribution in [0.5, 0.6) is 0 Å². The number of Topliss-reactive ketones (excluding diaryl/α,β-unsaturated/α-hetero) is 1. The van der Waals surface area contributed by atoms with Gasteiger partial charge in [-0.2, -0.15) is 0 Å². The summed E-state index contributed by atoms with van der Waals surface area (Å²) in [6.45, 7) is 1.82. The van der Waals surface area contributed by atoms with Crippen LogP contribution in [0.15, 0.2) is 6.20 Å². The second-order valence-electron chi connectivity index (χ2n) is 2.08. The van der Waals surface area contributed by atoms with E-state index in [1.165, 1.54) is 0 Å². The Morgan fingerprint density at radius 2 is 2.60 bits per heavy atom. The van der Waals surface area contributed by atoms with Crippen molar-refractivity contribution in [2.45, 2.75) is 13.3 Å². The lowest BCUT2D eigenvalue weighted by atomic mass is 10.3. The van der Waals surface area contributed by atoms with Gasteiger partial charge < -0.3 is 4.57 Å². The van der Waals surface area contributed by atoms with Gasteiger partial charge in [0.25, 0.3) is 0 Å². The third-order valence-electron chi connectivity index (χ3n) is 1.33. The number of nitrogens with zero attached hydrogens (tertiary/aromatic N) is 2. The lowest BCUT2D eigenvalue weighted by molar-refractivity contribution is 0.0975. The van der Waals surface area contributed by atoms with Crippen molar-refractivity contribution in [1.82, 2.24) is 9.55 Å². The molecule has 0 saturated carbocycles. The Balaban J connectivity index is 2.93. The van der Waals surface area contributed by atoms with Crippen molar-refractivity contribution in [2.24, 2.45) is 7.05 Å². The van der Waals surface area contributed by atoms with E-state index >= 15 is 0 Å². The van der Waals surface area contributed by atoms with Crippen LogP contribution < -0.4 is 0 Å². The number of carbonyl (C=O) groups is 1. The van der Waals surface area contributed by atoms with E-state index in [1.807, 2.05) is 6.92 Å². The van der Waals surface area contributed by atoms with E-state index in [-0.39, 0.29) is 5.78 Å². The topological polar surface area (TPSA) is 34.9 Å². The van der Waals surface area contributed by atoms with Crippen molar-refractivity contribution in [3.8, 4) is 0 Å². The number of ketones is 1. The van der Waals surface area contributed by atoms with Gasteiger partial charge in [-0.3, -0.25) is 4.79 Å². The van der Waals surface area contributed by atoms with Crippen LogP contribution in [0.3, 0.4) is 0 Å². The van der Waals surface area contributed by atoms with Gasteiger partial charge in [-0.25, -0.2) is 4.98 Å². The maximum atomic E-state index is 11.0. The van der Waals surface area contributed by atoms with Crippen LogP contribution in [-0.4, -0.2) is 15.3 Å². The lowest BCUT2D eigenvalue weighted by Gasteiger charge is -1.95. The molecule has 1 heterocycles. The van der Waals surface area contributed by atoms with Gasteiger partial charge in [-0.15, -0.1) is 0 Å². The minimum Gasteiger partial charge on any atom is -0.331 e. The monoisotopic (exact) mass is 137 g/mol. The molecule has 1 rings (SSSR count). The van der Waals surface area contributed by atoms with E-state index in [0.29, 0.717) is 12.2 Å². The van der Waals surface area contributed by atoms with Crippen LogP contribution in [0.25, 0.3) is 0 Å². The quantitative estimate of drug-likeness (QED) is 0.565. The molecule has 0 aliphatic carbocycles. The summed E-state index contributed by atoms with van der Waals surface area (Å²) in [5, 5.41) is 0. The molecular formula is C7H9N2O. The fourth-order valence-electron chi connectivity index (χ4n) is 0.734. The van der Waals surface area contributed by atoms with Gasteiger partial charge in [0.1, 0.15) is 6.20 Å². The van der Waals surface area contributed by atoms with Gasteiger partial charge in [0.15, 0.2) is 11.6 Å². The zero-order chi connectivity index (χ0) is 7.56. The Kier molecular flexibility index (Phi) is 1.85. The largest absolute Gasteiger partial charge is 0.331 e. The van der Waals surface area contributed by atoms with E-state index in [2.05, 4.69) is 11.2 Å². The molecule has 1 radical (unpaired) electrons. The Bertz CT molecular complexity index is 240. The second-order valence-corrected chi connectivity index (χ2v) is 2.08. The summed E-state index contributed by atoms with van der Waals surface area (Å²) in [6, 6.07) is 0. The molecular weight excluding hydrogens is 128 g/mol. The van der Waals surface area contributed by atoms with Gasteiger partial charge >= 0.3 is 0 Å². The molecule has 0 unspecified atom stereocenters. The van der Waals surface area contributed by atoms with Crippen LogP contribution in [0.1, 0.15) is 24.0 Å². The van der Waals surface area contributed by atoms with Crippen LogP contribution in [0.4, 0.5) is 0 Å². The van der Waals surface area contributed by atoms with Crippen molar-refractivity contribution in [1.29, 1.82) is 0 Å². The maximum Gasteiger partial charge on any atom is 0.197 e. The lowest BCUT2D eigenvalue weighted by Crippen LogP contribution is -2.05.